The number of aromatic nitrogens is 2. The van der Waals surface area contributed by atoms with Crippen molar-refractivity contribution < 1.29 is 9.47 Å². The molecule has 110 valence electrons. The first-order chi connectivity index (χ1) is 9.26. The number of aryl methyl sites for hydroxylation is 1. The highest BCUT2D eigenvalue weighted by Gasteiger charge is 2.04. The third-order valence-electron chi connectivity index (χ3n) is 2.96. The molecule has 1 aromatic rings. The minimum Gasteiger partial charge on any atom is -0.385 e. The lowest BCUT2D eigenvalue weighted by Gasteiger charge is -2.21. The zero-order valence-corrected chi connectivity index (χ0v) is 12.0. The van der Waals surface area contributed by atoms with Crippen molar-refractivity contribution in [3.63, 3.8) is 0 Å². The lowest BCUT2D eigenvalue weighted by Crippen LogP contribution is -2.30. The predicted octanol–water partition coefficient (Wildman–Crippen LogP) is 0.840. The Kier molecular flexibility index (Phi) is 8.20. The quantitative estimate of drug-likeness (QED) is 0.604. The molecule has 0 aliphatic heterocycles. The molecule has 2 N–H and O–H groups in total. The van der Waals surface area contributed by atoms with Crippen LogP contribution in [-0.2, 0) is 16.0 Å². The summed E-state index contributed by atoms with van der Waals surface area (Å²) in [5.74, 6) is 0.580. The number of nitrogens with two attached hydrogens (primary N) is 1. The molecule has 1 rings (SSSR count). The number of ether oxygens (including phenoxy) is 2. The molecule has 0 unspecified atom stereocenters. The first kappa shape index (κ1) is 15.9. The SMILES string of the molecule is COCCCN(CCCn1ccc(N)n1)CCOC. The molecule has 0 radical (unpaired) electrons. The summed E-state index contributed by atoms with van der Waals surface area (Å²) in [6.45, 7) is 5.50. The number of methoxy groups -OCH3 is 2. The first-order valence-electron chi connectivity index (χ1n) is 6.75. The van der Waals surface area contributed by atoms with Crippen LogP contribution in [0.5, 0.6) is 0 Å². The van der Waals surface area contributed by atoms with Gasteiger partial charge in [0.05, 0.1) is 6.61 Å². The minimum absolute atomic E-state index is 0.580. The van der Waals surface area contributed by atoms with Gasteiger partial charge in [-0.05, 0) is 25.5 Å². The molecule has 0 aliphatic rings. The highest BCUT2D eigenvalue weighted by atomic mass is 16.5. The van der Waals surface area contributed by atoms with Crippen molar-refractivity contribution in [3.05, 3.63) is 12.3 Å². The number of hydrogen-bond donors (Lipinski definition) is 1. The maximum Gasteiger partial charge on any atom is 0.145 e. The van der Waals surface area contributed by atoms with E-state index in [1.807, 2.05) is 16.9 Å². The van der Waals surface area contributed by atoms with Gasteiger partial charge in [0, 0.05) is 46.7 Å². The van der Waals surface area contributed by atoms with E-state index >= 15 is 0 Å². The Morgan fingerprint density at radius 1 is 1.16 bits per heavy atom. The van der Waals surface area contributed by atoms with Gasteiger partial charge < -0.3 is 20.1 Å². The van der Waals surface area contributed by atoms with Gasteiger partial charge in [-0.15, -0.1) is 0 Å². The third kappa shape index (κ3) is 7.15. The van der Waals surface area contributed by atoms with Crippen LogP contribution in [-0.4, -0.2) is 61.7 Å². The molecule has 0 atom stereocenters. The Morgan fingerprint density at radius 2 is 1.89 bits per heavy atom. The average molecular weight is 270 g/mol. The number of anilines is 1. The van der Waals surface area contributed by atoms with E-state index in [0.29, 0.717) is 5.82 Å². The normalized spacial score (nSPS) is 11.3. The monoisotopic (exact) mass is 270 g/mol. The smallest absolute Gasteiger partial charge is 0.145 e. The lowest BCUT2D eigenvalue weighted by atomic mass is 10.3. The summed E-state index contributed by atoms with van der Waals surface area (Å²) in [5.41, 5.74) is 5.58. The molecular formula is C13H26N4O2. The molecule has 1 aromatic heterocycles. The fourth-order valence-corrected chi connectivity index (χ4v) is 1.95. The van der Waals surface area contributed by atoms with E-state index in [2.05, 4.69) is 10.00 Å². The maximum atomic E-state index is 5.58. The predicted molar refractivity (Wildman–Crippen MR) is 76.1 cm³/mol. The molecule has 6 heteroatoms. The van der Waals surface area contributed by atoms with Crippen LogP contribution in [0, 0.1) is 0 Å². The van der Waals surface area contributed by atoms with Gasteiger partial charge in [-0.25, -0.2) is 0 Å². The van der Waals surface area contributed by atoms with Gasteiger partial charge >= 0.3 is 0 Å². The van der Waals surface area contributed by atoms with Gasteiger partial charge in [0.15, 0.2) is 0 Å². The molecule has 0 aromatic carbocycles. The second kappa shape index (κ2) is 9.77. The van der Waals surface area contributed by atoms with Crippen LogP contribution in [0.2, 0.25) is 0 Å². The molecule has 0 saturated heterocycles. The molecule has 0 amide bonds. The van der Waals surface area contributed by atoms with Crippen LogP contribution >= 0.6 is 0 Å². The largest absolute Gasteiger partial charge is 0.385 e. The Hall–Kier alpha value is -1.11. The van der Waals surface area contributed by atoms with E-state index < -0.39 is 0 Å². The molecular weight excluding hydrogens is 244 g/mol. The minimum atomic E-state index is 0.580. The molecule has 0 aliphatic carbocycles. The highest BCUT2D eigenvalue weighted by molar-refractivity contribution is 5.23. The summed E-state index contributed by atoms with van der Waals surface area (Å²) in [7, 11) is 3.47. The van der Waals surface area contributed by atoms with Crippen molar-refractivity contribution in [2.45, 2.75) is 19.4 Å². The molecule has 0 saturated carbocycles. The Bertz CT molecular complexity index is 330. The molecule has 0 fully saturated rings. The molecule has 0 bridgehead atoms. The fraction of sp³-hybridized carbons (Fsp3) is 0.769. The van der Waals surface area contributed by atoms with Crippen LogP contribution in [0.4, 0.5) is 5.82 Å². The van der Waals surface area contributed by atoms with Gasteiger partial charge in [-0.3, -0.25) is 4.68 Å². The van der Waals surface area contributed by atoms with Crippen LogP contribution < -0.4 is 5.73 Å². The lowest BCUT2D eigenvalue weighted by molar-refractivity contribution is 0.131. The highest BCUT2D eigenvalue weighted by Crippen LogP contribution is 2.00. The molecule has 0 spiro atoms. The zero-order valence-electron chi connectivity index (χ0n) is 12.0. The maximum absolute atomic E-state index is 5.58. The van der Waals surface area contributed by atoms with E-state index in [9.17, 15) is 0 Å². The van der Waals surface area contributed by atoms with E-state index in [1.54, 1.807) is 14.2 Å². The topological polar surface area (TPSA) is 65.5 Å². The Balaban J connectivity index is 2.22. The second-order valence-electron chi connectivity index (χ2n) is 4.54. The summed E-state index contributed by atoms with van der Waals surface area (Å²) in [6.07, 6.45) is 4.02. The van der Waals surface area contributed by atoms with E-state index in [4.69, 9.17) is 15.2 Å². The van der Waals surface area contributed by atoms with Gasteiger partial charge in [0.2, 0.25) is 0 Å². The number of nitrogens with zero attached hydrogens (tertiary/aromatic N) is 3. The standard InChI is InChI=1S/C13H26N4O2/c1-18-11-4-7-16(10-12-19-2)6-3-8-17-9-5-13(14)15-17/h5,9H,3-4,6-8,10-12H2,1-2H3,(H2,14,15). The summed E-state index contributed by atoms with van der Waals surface area (Å²) < 4.78 is 12.1. The van der Waals surface area contributed by atoms with Crippen LogP contribution in [0.1, 0.15) is 12.8 Å². The van der Waals surface area contributed by atoms with Crippen molar-refractivity contribution in [3.8, 4) is 0 Å². The van der Waals surface area contributed by atoms with E-state index in [1.165, 1.54) is 0 Å². The molecule has 19 heavy (non-hydrogen) atoms. The van der Waals surface area contributed by atoms with Crippen LogP contribution in [0.15, 0.2) is 12.3 Å². The van der Waals surface area contributed by atoms with Crippen molar-refractivity contribution in [1.29, 1.82) is 0 Å². The second-order valence-corrected chi connectivity index (χ2v) is 4.54. The zero-order chi connectivity index (χ0) is 13.9. The van der Waals surface area contributed by atoms with Gasteiger partial charge in [0.25, 0.3) is 0 Å². The summed E-state index contributed by atoms with van der Waals surface area (Å²) in [5, 5.41) is 4.18. The number of rotatable bonds is 11. The summed E-state index contributed by atoms with van der Waals surface area (Å²) in [6, 6.07) is 1.82. The number of hydrogen-bond acceptors (Lipinski definition) is 5. The fourth-order valence-electron chi connectivity index (χ4n) is 1.95. The molecule has 6 nitrogen and oxygen atoms in total. The van der Waals surface area contributed by atoms with Gasteiger partial charge in [0.1, 0.15) is 5.82 Å². The van der Waals surface area contributed by atoms with Crippen molar-refractivity contribution >= 4 is 5.82 Å². The third-order valence-corrected chi connectivity index (χ3v) is 2.96. The molecule has 1 heterocycles. The van der Waals surface area contributed by atoms with Crippen molar-refractivity contribution in [2.24, 2.45) is 0 Å². The first-order valence-corrected chi connectivity index (χ1v) is 6.75. The Morgan fingerprint density at radius 3 is 2.53 bits per heavy atom. The number of nitrogen functional groups attached to an aromatic ring is 1. The van der Waals surface area contributed by atoms with Crippen molar-refractivity contribution in [2.75, 3.05) is 52.8 Å². The van der Waals surface area contributed by atoms with E-state index in [-0.39, 0.29) is 0 Å². The van der Waals surface area contributed by atoms with Gasteiger partial charge in [-0.1, -0.05) is 0 Å². The summed E-state index contributed by atoms with van der Waals surface area (Å²) in [4.78, 5) is 2.40. The van der Waals surface area contributed by atoms with Crippen LogP contribution in [0.25, 0.3) is 0 Å². The summed E-state index contributed by atoms with van der Waals surface area (Å²) >= 11 is 0. The van der Waals surface area contributed by atoms with Gasteiger partial charge in [-0.2, -0.15) is 5.10 Å². The van der Waals surface area contributed by atoms with E-state index in [0.717, 1.165) is 52.2 Å². The van der Waals surface area contributed by atoms with Crippen molar-refractivity contribution in [1.82, 2.24) is 14.7 Å². The van der Waals surface area contributed by atoms with Crippen LogP contribution in [0.3, 0.4) is 0 Å². The Labute approximate surface area is 115 Å². The average Bonchev–Trinajstić information content (AvgIpc) is 2.81.